The average molecular weight is 250 g/mol. The Bertz CT molecular complexity index is 602. The Balaban J connectivity index is 1.83. The third-order valence-electron chi connectivity index (χ3n) is 3.19. The molecule has 0 saturated carbocycles. The summed E-state index contributed by atoms with van der Waals surface area (Å²) in [5, 5.41) is 0. The second-order valence-electron chi connectivity index (χ2n) is 4.46. The quantitative estimate of drug-likeness (QED) is 0.785. The smallest absolute Gasteiger partial charge is 0.193 e. The summed E-state index contributed by atoms with van der Waals surface area (Å²) in [4.78, 5) is 18.5. The summed E-state index contributed by atoms with van der Waals surface area (Å²) in [6.07, 6.45) is 1.84. The number of hydrogen-bond acceptors (Lipinski definition) is 3. The normalized spacial score (nSPS) is 13.8. The number of rotatable bonds is 3. The van der Waals surface area contributed by atoms with Crippen LogP contribution in [0.25, 0.3) is 0 Å². The molecule has 0 aromatic heterocycles. The van der Waals surface area contributed by atoms with Crippen LogP contribution in [0.3, 0.4) is 0 Å². The highest BCUT2D eigenvalue weighted by Gasteiger charge is 2.11. The van der Waals surface area contributed by atoms with Gasteiger partial charge in [0.05, 0.1) is 12.9 Å². The molecule has 1 aliphatic heterocycles. The van der Waals surface area contributed by atoms with E-state index in [2.05, 4.69) is 9.89 Å². The van der Waals surface area contributed by atoms with Crippen molar-refractivity contribution in [3.63, 3.8) is 0 Å². The highest BCUT2D eigenvalue weighted by Crippen LogP contribution is 2.17. The third kappa shape index (κ3) is 2.40. The van der Waals surface area contributed by atoms with E-state index in [9.17, 15) is 4.79 Å². The molecule has 3 rings (SSSR count). The van der Waals surface area contributed by atoms with Gasteiger partial charge in [0.1, 0.15) is 0 Å². The van der Waals surface area contributed by atoms with Crippen LogP contribution >= 0.6 is 0 Å². The molecular formula is C16H14N2O. The maximum Gasteiger partial charge on any atom is 0.193 e. The Hall–Kier alpha value is -2.42. The molecule has 0 aliphatic carbocycles. The molecule has 0 amide bonds. The van der Waals surface area contributed by atoms with Crippen molar-refractivity contribution in [3.8, 4) is 0 Å². The Labute approximate surface area is 112 Å². The molecule has 0 spiro atoms. The van der Waals surface area contributed by atoms with Gasteiger partial charge in [-0.3, -0.25) is 9.79 Å². The highest BCUT2D eigenvalue weighted by atomic mass is 16.1. The van der Waals surface area contributed by atoms with Gasteiger partial charge in [0.2, 0.25) is 0 Å². The van der Waals surface area contributed by atoms with Gasteiger partial charge in [-0.2, -0.15) is 0 Å². The lowest BCUT2D eigenvalue weighted by Crippen LogP contribution is -2.18. The zero-order chi connectivity index (χ0) is 13.1. The minimum absolute atomic E-state index is 0.0576. The number of ketones is 1. The first-order chi connectivity index (χ1) is 9.34. The van der Waals surface area contributed by atoms with Crippen molar-refractivity contribution in [2.24, 2.45) is 4.99 Å². The van der Waals surface area contributed by atoms with Crippen LogP contribution in [0.1, 0.15) is 15.9 Å². The Morgan fingerprint density at radius 2 is 1.63 bits per heavy atom. The van der Waals surface area contributed by atoms with Gasteiger partial charge in [-0.25, -0.2) is 0 Å². The minimum atomic E-state index is 0.0576. The van der Waals surface area contributed by atoms with Crippen LogP contribution in [0.2, 0.25) is 0 Å². The van der Waals surface area contributed by atoms with E-state index in [1.165, 1.54) is 0 Å². The zero-order valence-corrected chi connectivity index (χ0v) is 10.5. The number of hydrogen-bond donors (Lipinski definition) is 0. The van der Waals surface area contributed by atoms with Gasteiger partial charge in [-0.15, -0.1) is 0 Å². The predicted molar refractivity (Wildman–Crippen MR) is 77.0 cm³/mol. The van der Waals surface area contributed by atoms with Crippen LogP contribution in [0.4, 0.5) is 5.69 Å². The van der Waals surface area contributed by atoms with Gasteiger partial charge in [0, 0.05) is 23.4 Å². The van der Waals surface area contributed by atoms with Crippen molar-refractivity contribution in [3.05, 3.63) is 65.7 Å². The van der Waals surface area contributed by atoms with E-state index in [0.717, 1.165) is 24.3 Å². The Morgan fingerprint density at radius 1 is 0.947 bits per heavy atom. The molecule has 94 valence electrons. The van der Waals surface area contributed by atoms with Crippen LogP contribution < -0.4 is 4.90 Å². The molecule has 0 bridgehead atoms. The van der Waals surface area contributed by atoms with Gasteiger partial charge >= 0.3 is 0 Å². The topological polar surface area (TPSA) is 32.7 Å². The molecule has 1 aliphatic rings. The number of anilines is 1. The van der Waals surface area contributed by atoms with E-state index in [0.29, 0.717) is 5.56 Å². The lowest BCUT2D eigenvalue weighted by Gasteiger charge is -2.13. The summed E-state index contributed by atoms with van der Waals surface area (Å²) < 4.78 is 0. The largest absolute Gasteiger partial charge is 0.331 e. The molecule has 0 saturated heterocycles. The maximum atomic E-state index is 12.2. The molecule has 2 aromatic rings. The van der Waals surface area contributed by atoms with Crippen molar-refractivity contribution >= 4 is 17.8 Å². The predicted octanol–water partition coefficient (Wildman–Crippen LogP) is 2.77. The van der Waals surface area contributed by atoms with Gasteiger partial charge in [0.25, 0.3) is 0 Å². The number of benzene rings is 2. The molecule has 0 unspecified atom stereocenters. The van der Waals surface area contributed by atoms with Crippen molar-refractivity contribution in [2.75, 3.05) is 18.0 Å². The SMILES string of the molecule is O=C(c1ccccc1)c1ccc(N2C=NCC2)cc1. The van der Waals surface area contributed by atoms with Gasteiger partial charge in [-0.1, -0.05) is 30.3 Å². The molecule has 0 fully saturated rings. The number of carbonyl (C=O) groups is 1. The fourth-order valence-electron chi connectivity index (χ4n) is 2.14. The van der Waals surface area contributed by atoms with E-state index in [1.54, 1.807) is 0 Å². The van der Waals surface area contributed by atoms with Gasteiger partial charge < -0.3 is 4.90 Å². The monoisotopic (exact) mass is 250 g/mol. The van der Waals surface area contributed by atoms with E-state index >= 15 is 0 Å². The highest BCUT2D eigenvalue weighted by molar-refractivity contribution is 6.09. The maximum absolute atomic E-state index is 12.2. The average Bonchev–Trinajstić information content (AvgIpc) is 3.02. The number of aliphatic imine (C=N–C) groups is 1. The van der Waals surface area contributed by atoms with Crippen molar-refractivity contribution < 1.29 is 4.79 Å². The second kappa shape index (κ2) is 5.06. The summed E-state index contributed by atoms with van der Waals surface area (Å²) in [5.41, 5.74) is 2.51. The first kappa shape index (κ1) is 11.7. The Kier molecular flexibility index (Phi) is 3.11. The zero-order valence-electron chi connectivity index (χ0n) is 10.5. The van der Waals surface area contributed by atoms with Crippen LogP contribution in [0.15, 0.2) is 59.6 Å². The summed E-state index contributed by atoms with van der Waals surface area (Å²) in [6.45, 7) is 1.75. The fourth-order valence-corrected chi connectivity index (χ4v) is 2.14. The molecule has 0 atom stereocenters. The van der Waals surface area contributed by atoms with Crippen molar-refractivity contribution in [1.29, 1.82) is 0 Å². The minimum Gasteiger partial charge on any atom is -0.331 e. The first-order valence-corrected chi connectivity index (χ1v) is 6.31. The van der Waals surface area contributed by atoms with E-state index in [4.69, 9.17) is 0 Å². The van der Waals surface area contributed by atoms with Gasteiger partial charge in [0.15, 0.2) is 5.78 Å². The molecule has 1 heterocycles. The number of nitrogens with zero attached hydrogens (tertiary/aromatic N) is 2. The fraction of sp³-hybridized carbons (Fsp3) is 0.125. The lowest BCUT2D eigenvalue weighted by molar-refractivity contribution is 0.103. The van der Waals surface area contributed by atoms with Crippen LogP contribution in [0.5, 0.6) is 0 Å². The Morgan fingerprint density at radius 3 is 2.26 bits per heavy atom. The molecular weight excluding hydrogens is 236 g/mol. The molecule has 3 nitrogen and oxygen atoms in total. The van der Waals surface area contributed by atoms with E-state index < -0.39 is 0 Å². The summed E-state index contributed by atoms with van der Waals surface area (Å²) in [5.74, 6) is 0.0576. The molecule has 19 heavy (non-hydrogen) atoms. The van der Waals surface area contributed by atoms with Crippen LogP contribution in [-0.2, 0) is 0 Å². The molecule has 2 aromatic carbocycles. The van der Waals surface area contributed by atoms with Crippen molar-refractivity contribution in [2.45, 2.75) is 0 Å². The summed E-state index contributed by atoms with van der Waals surface area (Å²) >= 11 is 0. The van der Waals surface area contributed by atoms with Crippen molar-refractivity contribution in [1.82, 2.24) is 0 Å². The third-order valence-corrected chi connectivity index (χ3v) is 3.19. The first-order valence-electron chi connectivity index (χ1n) is 6.31. The van der Waals surface area contributed by atoms with E-state index in [1.807, 2.05) is 60.9 Å². The molecule has 3 heteroatoms. The van der Waals surface area contributed by atoms with E-state index in [-0.39, 0.29) is 5.78 Å². The van der Waals surface area contributed by atoms with Crippen LogP contribution in [0, 0.1) is 0 Å². The molecule has 0 N–H and O–H groups in total. The second-order valence-corrected chi connectivity index (χ2v) is 4.46. The standard InChI is InChI=1S/C16H14N2O/c19-16(13-4-2-1-3-5-13)14-6-8-15(9-7-14)18-11-10-17-12-18/h1-9,12H,10-11H2. The van der Waals surface area contributed by atoms with Crippen LogP contribution in [-0.4, -0.2) is 25.2 Å². The lowest BCUT2D eigenvalue weighted by atomic mass is 10.0. The molecule has 0 radical (unpaired) electrons. The van der Waals surface area contributed by atoms with Gasteiger partial charge in [-0.05, 0) is 24.3 Å². The summed E-state index contributed by atoms with van der Waals surface area (Å²) in [6, 6.07) is 17.0. The number of carbonyl (C=O) groups excluding carboxylic acids is 1. The summed E-state index contributed by atoms with van der Waals surface area (Å²) in [7, 11) is 0.